The molecule has 3 aromatic heterocycles. The number of piperazine rings is 1. The van der Waals surface area contributed by atoms with Gasteiger partial charge in [0.2, 0.25) is 0 Å². The highest BCUT2D eigenvalue weighted by Gasteiger charge is 2.20. The van der Waals surface area contributed by atoms with Crippen LogP contribution in [0.15, 0.2) is 47.4 Å². The maximum Gasteiger partial charge on any atom is 0.326 e. The molecule has 1 fully saturated rings. The number of H-pyrrole nitrogens is 1. The Hall–Kier alpha value is -3.01. The Kier molecular flexibility index (Phi) is 7.03. The van der Waals surface area contributed by atoms with Gasteiger partial charge < -0.3 is 19.2 Å². The number of pyridine rings is 1. The lowest BCUT2D eigenvalue weighted by Crippen LogP contribution is -2.46. The molecule has 0 aliphatic carbocycles. The van der Waals surface area contributed by atoms with Crippen LogP contribution in [0.4, 0.5) is 0 Å². The molecule has 9 nitrogen and oxygen atoms in total. The number of aromatic amines is 1. The third kappa shape index (κ3) is 4.91. The summed E-state index contributed by atoms with van der Waals surface area (Å²) in [5.74, 6) is 1.06. The van der Waals surface area contributed by atoms with E-state index in [9.17, 15) is 4.79 Å². The molecule has 1 aliphatic rings. The Morgan fingerprint density at radius 3 is 2.65 bits per heavy atom. The number of fused-ring (bicyclic) bond motifs is 2. The minimum absolute atomic E-state index is 0.0206. The number of nitrogens with one attached hydrogen (secondary N) is 1. The van der Waals surface area contributed by atoms with Gasteiger partial charge in [-0.1, -0.05) is 12.1 Å². The smallest absolute Gasteiger partial charge is 0.326 e. The number of ether oxygens (including phenoxy) is 1. The zero-order valence-corrected chi connectivity index (χ0v) is 19.8. The van der Waals surface area contributed by atoms with E-state index in [1.807, 2.05) is 54.1 Å². The molecule has 9 heteroatoms. The van der Waals surface area contributed by atoms with Crippen molar-refractivity contribution < 1.29 is 4.74 Å². The van der Waals surface area contributed by atoms with Gasteiger partial charge in [0.05, 0.1) is 24.2 Å². The van der Waals surface area contributed by atoms with Gasteiger partial charge in [0.25, 0.3) is 0 Å². The fraction of sp³-hybridized carbons (Fsp3) is 0.480. The van der Waals surface area contributed by atoms with Crippen molar-refractivity contribution >= 4 is 22.2 Å². The number of aromatic nitrogens is 5. The van der Waals surface area contributed by atoms with Crippen LogP contribution in [-0.4, -0.2) is 79.8 Å². The minimum atomic E-state index is -0.0206. The van der Waals surface area contributed by atoms with Gasteiger partial charge in [0.15, 0.2) is 5.65 Å². The fourth-order valence-electron chi connectivity index (χ4n) is 4.81. The van der Waals surface area contributed by atoms with Gasteiger partial charge in [0.1, 0.15) is 11.3 Å². The molecule has 1 saturated heterocycles. The van der Waals surface area contributed by atoms with E-state index in [1.54, 1.807) is 0 Å². The molecule has 5 rings (SSSR count). The summed E-state index contributed by atoms with van der Waals surface area (Å²) in [5, 5.41) is 0. The number of para-hydroxylation sites is 2. The molecule has 4 heterocycles. The van der Waals surface area contributed by atoms with Crippen molar-refractivity contribution in [1.29, 1.82) is 0 Å². The quantitative estimate of drug-likeness (QED) is 0.364. The average Bonchev–Trinajstić information content (AvgIpc) is 3.37. The third-order valence-corrected chi connectivity index (χ3v) is 6.61. The number of rotatable bonds is 10. The Bertz CT molecular complexity index is 1280. The van der Waals surface area contributed by atoms with E-state index in [0.29, 0.717) is 13.2 Å². The maximum atomic E-state index is 12.3. The van der Waals surface area contributed by atoms with Crippen molar-refractivity contribution in [3.8, 4) is 0 Å². The first-order chi connectivity index (χ1) is 16.7. The lowest BCUT2D eigenvalue weighted by atomic mass is 10.2. The number of hydrogen-bond donors (Lipinski definition) is 1. The molecule has 34 heavy (non-hydrogen) atoms. The van der Waals surface area contributed by atoms with E-state index in [4.69, 9.17) is 9.72 Å². The van der Waals surface area contributed by atoms with Gasteiger partial charge in [-0.15, -0.1) is 0 Å². The summed E-state index contributed by atoms with van der Waals surface area (Å²) >= 11 is 0. The highest BCUT2D eigenvalue weighted by Crippen LogP contribution is 2.16. The predicted octanol–water partition coefficient (Wildman–Crippen LogP) is 2.32. The van der Waals surface area contributed by atoms with Crippen molar-refractivity contribution in [3.05, 3.63) is 58.9 Å². The molecule has 0 saturated carbocycles. The molecule has 0 bridgehead atoms. The van der Waals surface area contributed by atoms with Crippen LogP contribution in [0.3, 0.4) is 0 Å². The van der Waals surface area contributed by atoms with Gasteiger partial charge in [-0.25, -0.2) is 14.8 Å². The van der Waals surface area contributed by atoms with Crippen LogP contribution in [0.1, 0.15) is 19.2 Å². The van der Waals surface area contributed by atoms with Crippen LogP contribution in [0.25, 0.3) is 22.2 Å². The lowest BCUT2D eigenvalue weighted by molar-refractivity contribution is 0.118. The Labute approximate surface area is 199 Å². The van der Waals surface area contributed by atoms with Gasteiger partial charge in [-0.2, -0.15) is 0 Å². The largest absolute Gasteiger partial charge is 0.380 e. The lowest BCUT2D eigenvalue weighted by Gasteiger charge is -2.34. The summed E-state index contributed by atoms with van der Waals surface area (Å²) in [4.78, 5) is 29.6. The minimum Gasteiger partial charge on any atom is -0.380 e. The Morgan fingerprint density at radius 2 is 1.79 bits per heavy atom. The third-order valence-electron chi connectivity index (χ3n) is 6.61. The fourth-order valence-corrected chi connectivity index (χ4v) is 4.81. The standard InChI is InChI=1S/C25H33N7O2/c1-2-34-18-17-32-23(27-21-8-5-10-26-24(21)32)19-30-15-13-29(14-16-30)11-6-12-31-22-9-4-3-7-20(22)28-25(31)33/h3-5,7-10H,2,6,11-19H2,1H3,(H,28,33). The molecular weight excluding hydrogens is 430 g/mol. The van der Waals surface area contributed by atoms with Crippen molar-refractivity contribution in [3.63, 3.8) is 0 Å². The summed E-state index contributed by atoms with van der Waals surface area (Å²) in [6.07, 6.45) is 2.79. The van der Waals surface area contributed by atoms with Crippen molar-refractivity contribution in [2.45, 2.75) is 33.0 Å². The summed E-state index contributed by atoms with van der Waals surface area (Å²) in [7, 11) is 0. The summed E-state index contributed by atoms with van der Waals surface area (Å²) in [6.45, 7) is 10.8. The molecule has 0 atom stereocenters. The molecule has 1 aliphatic heterocycles. The second-order valence-corrected chi connectivity index (χ2v) is 8.79. The predicted molar refractivity (Wildman–Crippen MR) is 133 cm³/mol. The van der Waals surface area contributed by atoms with Crippen molar-refractivity contribution in [1.82, 2.24) is 33.9 Å². The van der Waals surface area contributed by atoms with Crippen molar-refractivity contribution in [2.75, 3.05) is 45.9 Å². The zero-order chi connectivity index (χ0) is 23.3. The number of nitrogens with zero attached hydrogens (tertiary/aromatic N) is 6. The van der Waals surface area contributed by atoms with Gasteiger partial charge >= 0.3 is 5.69 Å². The number of hydrogen-bond acceptors (Lipinski definition) is 6. The second-order valence-electron chi connectivity index (χ2n) is 8.79. The molecule has 1 N–H and O–H groups in total. The van der Waals surface area contributed by atoms with Crippen molar-refractivity contribution in [2.24, 2.45) is 0 Å². The first-order valence-corrected chi connectivity index (χ1v) is 12.2. The molecule has 1 aromatic carbocycles. The van der Waals surface area contributed by atoms with Crippen LogP contribution in [0.2, 0.25) is 0 Å². The molecule has 0 unspecified atom stereocenters. The topological polar surface area (TPSA) is 84.2 Å². The summed E-state index contributed by atoms with van der Waals surface area (Å²) in [6, 6.07) is 11.9. The molecule has 0 amide bonds. The molecule has 0 spiro atoms. The van der Waals surface area contributed by atoms with E-state index >= 15 is 0 Å². The van der Waals surface area contributed by atoms with Gasteiger partial charge in [-0.3, -0.25) is 9.47 Å². The van der Waals surface area contributed by atoms with Crippen LogP contribution in [-0.2, 0) is 24.4 Å². The molecular formula is C25H33N7O2. The second kappa shape index (κ2) is 10.5. The highest BCUT2D eigenvalue weighted by molar-refractivity contribution is 5.74. The van der Waals surface area contributed by atoms with Crippen LogP contribution in [0.5, 0.6) is 0 Å². The highest BCUT2D eigenvalue weighted by atomic mass is 16.5. The number of imidazole rings is 2. The number of benzene rings is 1. The maximum absolute atomic E-state index is 12.3. The Balaban J connectivity index is 1.14. The zero-order valence-electron chi connectivity index (χ0n) is 19.8. The Morgan fingerprint density at radius 1 is 0.971 bits per heavy atom. The SMILES string of the molecule is CCOCCn1c(CN2CCN(CCCn3c(=O)[nH]c4ccccc43)CC2)nc2cccnc21. The molecule has 180 valence electrons. The first kappa shape index (κ1) is 22.8. The summed E-state index contributed by atoms with van der Waals surface area (Å²) in [5.41, 5.74) is 3.75. The average molecular weight is 464 g/mol. The first-order valence-electron chi connectivity index (χ1n) is 12.2. The molecule has 0 radical (unpaired) electrons. The van der Waals surface area contributed by atoms with E-state index in [1.165, 1.54) is 0 Å². The van der Waals surface area contributed by atoms with E-state index < -0.39 is 0 Å². The molecule has 4 aromatic rings. The van der Waals surface area contributed by atoms with Gasteiger partial charge in [-0.05, 0) is 44.2 Å². The van der Waals surface area contributed by atoms with E-state index in [2.05, 4.69) is 24.3 Å². The summed E-state index contributed by atoms with van der Waals surface area (Å²) < 4.78 is 9.65. The monoisotopic (exact) mass is 463 g/mol. The van der Waals surface area contributed by atoms with Crippen LogP contribution >= 0.6 is 0 Å². The van der Waals surface area contributed by atoms with Crippen LogP contribution in [0, 0.1) is 0 Å². The van der Waals surface area contributed by atoms with E-state index in [-0.39, 0.29) is 5.69 Å². The van der Waals surface area contributed by atoms with E-state index in [0.717, 1.165) is 86.8 Å². The normalized spacial score (nSPS) is 15.6. The van der Waals surface area contributed by atoms with Crippen LogP contribution < -0.4 is 5.69 Å². The van der Waals surface area contributed by atoms with Gasteiger partial charge in [0, 0.05) is 52.1 Å². The number of aryl methyl sites for hydroxylation is 1.